The number of carbonyl (C=O) groups excluding carboxylic acids is 1. The molecule has 6 nitrogen and oxygen atoms in total. The van der Waals surface area contributed by atoms with E-state index in [1.165, 1.54) is 11.1 Å². The van der Waals surface area contributed by atoms with E-state index in [1.54, 1.807) is 11.8 Å². The summed E-state index contributed by atoms with van der Waals surface area (Å²) in [4.78, 5) is 17.5. The highest BCUT2D eigenvalue weighted by atomic mass is 16.5. The van der Waals surface area contributed by atoms with Crippen molar-refractivity contribution in [3.63, 3.8) is 0 Å². The van der Waals surface area contributed by atoms with Crippen LogP contribution in [0.4, 0.5) is 5.69 Å². The minimum Gasteiger partial charge on any atom is -0.479 e. The molecule has 6 heteroatoms. The van der Waals surface area contributed by atoms with Crippen LogP contribution < -0.4 is 10.1 Å². The largest absolute Gasteiger partial charge is 0.479 e. The molecule has 1 amide bonds. The van der Waals surface area contributed by atoms with Crippen LogP contribution >= 0.6 is 0 Å². The minimum absolute atomic E-state index is 0.0104. The minimum atomic E-state index is 0.0104. The summed E-state index contributed by atoms with van der Waals surface area (Å²) in [6, 6.07) is 6.35. The van der Waals surface area contributed by atoms with Gasteiger partial charge in [-0.2, -0.15) is 0 Å². The van der Waals surface area contributed by atoms with Crippen molar-refractivity contribution in [2.24, 2.45) is 7.05 Å². The van der Waals surface area contributed by atoms with Crippen molar-refractivity contribution in [1.29, 1.82) is 0 Å². The molecule has 0 aliphatic carbocycles. The topological polar surface area (TPSA) is 69.0 Å². The number of amides is 1. The fraction of sp³-hybridized carbons (Fsp3) is 0.480. The maximum absolute atomic E-state index is 12.8. The zero-order chi connectivity index (χ0) is 22.9. The normalized spacial score (nSPS) is 11.5. The summed E-state index contributed by atoms with van der Waals surface area (Å²) in [5, 5.41) is 8.45. The van der Waals surface area contributed by atoms with Crippen LogP contribution in [0, 0.1) is 13.8 Å². The van der Waals surface area contributed by atoms with Crippen molar-refractivity contribution in [2.45, 2.75) is 66.2 Å². The van der Waals surface area contributed by atoms with Gasteiger partial charge in [0.1, 0.15) is 0 Å². The number of hydrogen-bond donors (Lipinski definition) is 1. The van der Waals surface area contributed by atoms with Crippen molar-refractivity contribution >= 4 is 22.6 Å². The lowest BCUT2D eigenvalue weighted by Crippen LogP contribution is -2.15. The van der Waals surface area contributed by atoms with Crippen molar-refractivity contribution < 1.29 is 9.53 Å². The highest BCUT2D eigenvalue weighted by Crippen LogP contribution is 2.31. The van der Waals surface area contributed by atoms with Gasteiger partial charge >= 0.3 is 0 Å². The van der Waals surface area contributed by atoms with Crippen LogP contribution in [-0.2, 0) is 18.3 Å². The molecule has 0 unspecified atom stereocenters. The van der Waals surface area contributed by atoms with E-state index < -0.39 is 0 Å². The van der Waals surface area contributed by atoms with Crippen molar-refractivity contribution in [3.8, 4) is 5.88 Å². The summed E-state index contributed by atoms with van der Waals surface area (Å²) in [6.07, 6.45) is 1.01. The monoisotopic (exact) mass is 422 g/mol. The van der Waals surface area contributed by atoms with Crippen LogP contribution in [0.25, 0.3) is 11.0 Å². The van der Waals surface area contributed by atoms with Gasteiger partial charge in [0.15, 0.2) is 5.65 Å². The number of benzene rings is 1. The molecule has 0 aliphatic rings. The molecule has 2 aromatic heterocycles. The summed E-state index contributed by atoms with van der Waals surface area (Å²) in [7, 11) is 3.48. The maximum Gasteiger partial charge on any atom is 0.242 e. The van der Waals surface area contributed by atoms with Crippen LogP contribution in [0.5, 0.6) is 5.88 Å². The molecule has 0 saturated carbocycles. The Hall–Kier alpha value is -2.89. The van der Waals surface area contributed by atoms with Crippen LogP contribution in [0.2, 0.25) is 0 Å². The van der Waals surface area contributed by atoms with E-state index >= 15 is 0 Å². The Balaban J connectivity index is 1.81. The predicted octanol–water partition coefficient (Wildman–Crippen LogP) is 5.41. The van der Waals surface area contributed by atoms with Crippen LogP contribution in [0.1, 0.15) is 73.9 Å². The molecule has 166 valence electrons. The molecular weight excluding hydrogens is 388 g/mol. The standard InChI is InChI=1S/C25H34N4O2/c1-14(2)18-9-11-21(20(13-18)15(3)4)27-22(30)12-10-19-16(5)23-24(26-17(19)6)29(7)28-25(23)31-8/h9,11,13-15H,10,12H2,1-8H3,(H,27,30). The third kappa shape index (κ3) is 4.58. The van der Waals surface area contributed by atoms with Gasteiger partial charge in [-0.05, 0) is 60.4 Å². The molecule has 0 saturated heterocycles. The van der Waals surface area contributed by atoms with E-state index in [-0.39, 0.29) is 5.91 Å². The molecule has 0 atom stereocenters. The van der Waals surface area contributed by atoms with Crippen LogP contribution in [-0.4, -0.2) is 27.8 Å². The van der Waals surface area contributed by atoms with E-state index in [0.717, 1.165) is 33.5 Å². The van der Waals surface area contributed by atoms with Gasteiger partial charge in [-0.25, -0.2) is 9.67 Å². The zero-order valence-electron chi connectivity index (χ0n) is 20.0. The summed E-state index contributed by atoms with van der Waals surface area (Å²) < 4.78 is 7.17. The molecule has 0 radical (unpaired) electrons. The third-order valence-corrected chi connectivity index (χ3v) is 5.96. The number of rotatable bonds is 7. The Bertz CT molecular complexity index is 1110. The molecular formula is C25H34N4O2. The average molecular weight is 423 g/mol. The Labute approximate surface area is 185 Å². The molecule has 0 bridgehead atoms. The third-order valence-electron chi connectivity index (χ3n) is 5.96. The summed E-state index contributed by atoms with van der Waals surface area (Å²) in [6.45, 7) is 12.7. The number of aromatic nitrogens is 3. The molecule has 1 aromatic carbocycles. The van der Waals surface area contributed by atoms with E-state index in [9.17, 15) is 4.79 Å². The SMILES string of the molecule is COc1nn(C)c2nc(C)c(CCC(=O)Nc3ccc(C(C)C)cc3C(C)C)c(C)c12. The lowest BCUT2D eigenvalue weighted by molar-refractivity contribution is -0.116. The van der Waals surface area contributed by atoms with Gasteiger partial charge in [-0.15, -0.1) is 5.10 Å². The van der Waals surface area contributed by atoms with Crippen LogP contribution in [0.15, 0.2) is 18.2 Å². The second kappa shape index (κ2) is 9.08. The number of pyridine rings is 1. The summed E-state index contributed by atoms with van der Waals surface area (Å²) in [5.41, 5.74) is 7.24. The van der Waals surface area contributed by atoms with E-state index in [0.29, 0.717) is 30.6 Å². The number of aryl methyl sites for hydroxylation is 3. The highest BCUT2D eigenvalue weighted by molar-refractivity contribution is 5.92. The number of ether oxygens (including phenoxy) is 1. The molecule has 0 fully saturated rings. The first-order chi connectivity index (χ1) is 14.6. The average Bonchev–Trinajstić information content (AvgIpc) is 3.03. The molecule has 31 heavy (non-hydrogen) atoms. The van der Waals surface area contributed by atoms with Gasteiger partial charge in [0.05, 0.1) is 12.5 Å². The first-order valence-electron chi connectivity index (χ1n) is 10.9. The highest BCUT2D eigenvalue weighted by Gasteiger charge is 2.19. The molecule has 1 N–H and O–H groups in total. The number of nitrogens with zero attached hydrogens (tertiary/aromatic N) is 3. The number of hydrogen-bond acceptors (Lipinski definition) is 4. The Morgan fingerprint density at radius 2 is 1.87 bits per heavy atom. The van der Waals surface area contributed by atoms with E-state index in [4.69, 9.17) is 9.72 Å². The Morgan fingerprint density at radius 1 is 1.16 bits per heavy atom. The second-order valence-corrected chi connectivity index (χ2v) is 8.84. The van der Waals surface area contributed by atoms with E-state index in [2.05, 4.69) is 57.2 Å². The summed E-state index contributed by atoms with van der Waals surface area (Å²) >= 11 is 0. The molecule has 0 aliphatic heterocycles. The predicted molar refractivity (Wildman–Crippen MR) is 126 cm³/mol. The molecule has 2 heterocycles. The van der Waals surface area contributed by atoms with Crippen LogP contribution in [0.3, 0.4) is 0 Å². The number of carbonyl (C=O) groups is 1. The van der Waals surface area contributed by atoms with Crippen molar-refractivity contribution in [2.75, 3.05) is 12.4 Å². The van der Waals surface area contributed by atoms with Gasteiger partial charge in [-0.3, -0.25) is 4.79 Å². The van der Waals surface area contributed by atoms with Gasteiger partial charge in [0.25, 0.3) is 0 Å². The smallest absolute Gasteiger partial charge is 0.242 e. The zero-order valence-corrected chi connectivity index (χ0v) is 20.0. The van der Waals surface area contributed by atoms with Gasteiger partial charge in [0, 0.05) is 24.8 Å². The fourth-order valence-electron chi connectivity index (χ4n) is 4.09. The van der Waals surface area contributed by atoms with Crippen molar-refractivity contribution in [3.05, 3.63) is 46.1 Å². The number of anilines is 1. The Morgan fingerprint density at radius 3 is 2.48 bits per heavy atom. The van der Waals surface area contributed by atoms with Gasteiger partial charge < -0.3 is 10.1 Å². The second-order valence-electron chi connectivity index (χ2n) is 8.84. The van der Waals surface area contributed by atoms with E-state index in [1.807, 2.05) is 20.0 Å². The summed E-state index contributed by atoms with van der Waals surface area (Å²) in [5.74, 6) is 1.37. The first-order valence-corrected chi connectivity index (χ1v) is 10.9. The maximum atomic E-state index is 12.8. The van der Waals surface area contributed by atoms with Crippen molar-refractivity contribution in [1.82, 2.24) is 14.8 Å². The lowest BCUT2D eigenvalue weighted by Gasteiger charge is -2.17. The molecule has 0 spiro atoms. The quantitative estimate of drug-likeness (QED) is 0.553. The Kier molecular flexibility index (Phi) is 6.68. The molecule has 3 rings (SSSR count). The molecule has 3 aromatic rings. The first kappa shape index (κ1) is 22.8. The number of nitrogens with one attached hydrogen (secondary N) is 1. The lowest BCUT2D eigenvalue weighted by atomic mass is 9.94. The number of fused-ring (bicyclic) bond motifs is 1. The number of methoxy groups -OCH3 is 1. The van der Waals surface area contributed by atoms with Gasteiger partial charge in [-0.1, -0.05) is 39.8 Å². The van der Waals surface area contributed by atoms with Gasteiger partial charge in [0.2, 0.25) is 11.8 Å². The fourth-order valence-corrected chi connectivity index (χ4v) is 4.09.